The number of hydrogen-bond acceptors (Lipinski definition) is 6. The summed E-state index contributed by atoms with van der Waals surface area (Å²) in [6.45, 7) is 4.21. The van der Waals surface area contributed by atoms with Gasteiger partial charge in [0.25, 0.3) is 5.69 Å². The minimum absolute atomic E-state index is 0.00374. The minimum atomic E-state index is -0.483. The van der Waals surface area contributed by atoms with Gasteiger partial charge in [0.05, 0.1) is 18.0 Å². The lowest BCUT2D eigenvalue weighted by Crippen LogP contribution is -2.49. The van der Waals surface area contributed by atoms with Crippen LogP contribution in [-0.2, 0) is 4.79 Å². The Balaban J connectivity index is 1.54. The van der Waals surface area contributed by atoms with Crippen LogP contribution >= 0.6 is 0 Å². The van der Waals surface area contributed by atoms with Crippen molar-refractivity contribution in [2.45, 2.75) is 13.3 Å². The number of rotatable bonds is 7. The number of hydrogen-bond donors (Lipinski definition) is 0. The smallest absolute Gasteiger partial charge is 0.293 e. The summed E-state index contributed by atoms with van der Waals surface area (Å²) >= 11 is 0. The number of nitro benzene ring substituents is 1. The number of ether oxygens (including phenoxy) is 1. The third kappa shape index (κ3) is 4.90. The van der Waals surface area contributed by atoms with Crippen LogP contribution in [0.2, 0.25) is 0 Å². The average molecular weight is 397 g/mol. The van der Waals surface area contributed by atoms with Crippen LogP contribution in [0.3, 0.4) is 0 Å². The normalized spacial score (nSPS) is 13.8. The zero-order valence-electron chi connectivity index (χ0n) is 16.2. The monoisotopic (exact) mass is 397 g/mol. The standard InChI is InChI=1S/C21H23N3O5/c1-16-4-2-3-5-20(16)29-13-8-21(26)23-11-9-22(10-12-23)18-7-6-17(15-25)14-19(18)24(27)28/h2-7,14-15H,8-13H2,1H3. The largest absolute Gasteiger partial charge is 0.493 e. The lowest BCUT2D eigenvalue weighted by atomic mass is 10.1. The molecule has 1 heterocycles. The second-order valence-electron chi connectivity index (χ2n) is 6.85. The topological polar surface area (TPSA) is 93.0 Å². The molecule has 0 atom stereocenters. The Morgan fingerprint density at radius 3 is 2.55 bits per heavy atom. The SMILES string of the molecule is Cc1ccccc1OCCC(=O)N1CCN(c2ccc(C=O)cc2[N+](=O)[O-])CC1. The van der Waals surface area contributed by atoms with E-state index >= 15 is 0 Å². The van der Waals surface area contributed by atoms with Crippen LogP contribution in [-0.4, -0.2) is 54.8 Å². The number of carbonyl (C=O) groups excluding carboxylic acids is 2. The number of para-hydroxylation sites is 1. The fraction of sp³-hybridized carbons (Fsp3) is 0.333. The highest BCUT2D eigenvalue weighted by atomic mass is 16.6. The number of benzene rings is 2. The van der Waals surface area contributed by atoms with Gasteiger partial charge in [-0.15, -0.1) is 0 Å². The summed E-state index contributed by atoms with van der Waals surface area (Å²) < 4.78 is 5.69. The van der Waals surface area contributed by atoms with E-state index in [2.05, 4.69) is 0 Å². The van der Waals surface area contributed by atoms with Crippen LogP contribution in [0.1, 0.15) is 22.3 Å². The molecule has 3 rings (SSSR count). The first-order chi connectivity index (χ1) is 14.0. The number of aldehydes is 1. The number of aryl methyl sites for hydroxylation is 1. The minimum Gasteiger partial charge on any atom is -0.493 e. The number of piperazine rings is 1. The van der Waals surface area contributed by atoms with Crippen molar-refractivity contribution in [3.63, 3.8) is 0 Å². The Morgan fingerprint density at radius 1 is 1.17 bits per heavy atom. The predicted molar refractivity (Wildman–Crippen MR) is 109 cm³/mol. The number of carbonyl (C=O) groups is 2. The molecule has 0 aliphatic carbocycles. The Labute approximate surface area is 168 Å². The highest BCUT2D eigenvalue weighted by Gasteiger charge is 2.26. The Hall–Kier alpha value is -3.42. The second kappa shape index (κ2) is 9.18. The first kappa shape index (κ1) is 20.3. The Kier molecular flexibility index (Phi) is 6.43. The van der Waals surface area contributed by atoms with Crippen molar-refractivity contribution in [2.75, 3.05) is 37.7 Å². The number of nitro groups is 1. The van der Waals surface area contributed by atoms with E-state index in [1.807, 2.05) is 36.1 Å². The van der Waals surface area contributed by atoms with Gasteiger partial charge in [0.1, 0.15) is 17.7 Å². The van der Waals surface area contributed by atoms with Crippen molar-refractivity contribution in [3.8, 4) is 5.75 Å². The fourth-order valence-electron chi connectivity index (χ4n) is 3.35. The molecule has 1 fully saturated rings. The molecule has 0 saturated carbocycles. The van der Waals surface area contributed by atoms with E-state index < -0.39 is 4.92 Å². The molecule has 1 saturated heterocycles. The molecule has 1 aliphatic rings. The van der Waals surface area contributed by atoms with Crippen LogP contribution in [0.4, 0.5) is 11.4 Å². The number of nitrogens with zero attached hydrogens (tertiary/aromatic N) is 3. The van der Waals surface area contributed by atoms with E-state index in [-0.39, 0.29) is 23.6 Å². The van der Waals surface area contributed by atoms with E-state index in [0.717, 1.165) is 11.3 Å². The van der Waals surface area contributed by atoms with Crippen molar-refractivity contribution >= 4 is 23.6 Å². The van der Waals surface area contributed by atoms with Gasteiger partial charge >= 0.3 is 0 Å². The summed E-state index contributed by atoms with van der Waals surface area (Å²) in [5.74, 6) is 0.778. The molecular weight excluding hydrogens is 374 g/mol. The second-order valence-corrected chi connectivity index (χ2v) is 6.85. The van der Waals surface area contributed by atoms with Crippen LogP contribution in [0.5, 0.6) is 5.75 Å². The Bertz CT molecular complexity index is 907. The maximum Gasteiger partial charge on any atom is 0.293 e. The van der Waals surface area contributed by atoms with Gasteiger partial charge in [-0.05, 0) is 30.7 Å². The average Bonchev–Trinajstić information content (AvgIpc) is 2.74. The first-order valence-electron chi connectivity index (χ1n) is 9.44. The molecule has 0 unspecified atom stereocenters. The molecule has 0 radical (unpaired) electrons. The quantitative estimate of drug-likeness (QED) is 0.405. The van der Waals surface area contributed by atoms with Crippen LogP contribution in [0.25, 0.3) is 0 Å². The molecule has 2 aromatic carbocycles. The zero-order chi connectivity index (χ0) is 20.8. The van der Waals surface area contributed by atoms with Crippen LogP contribution < -0.4 is 9.64 Å². The lowest BCUT2D eigenvalue weighted by molar-refractivity contribution is -0.384. The van der Waals surface area contributed by atoms with Gasteiger partial charge in [-0.1, -0.05) is 18.2 Å². The Morgan fingerprint density at radius 2 is 1.90 bits per heavy atom. The molecule has 8 nitrogen and oxygen atoms in total. The summed E-state index contributed by atoms with van der Waals surface area (Å²) in [6.07, 6.45) is 0.870. The van der Waals surface area contributed by atoms with Crippen molar-refractivity contribution in [3.05, 3.63) is 63.7 Å². The molecule has 152 valence electrons. The molecule has 0 bridgehead atoms. The maximum atomic E-state index is 12.5. The molecule has 1 aliphatic heterocycles. The molecule has 0 aromatic heterocycles. The summed E-state index contributed by atoms with van der Waals surface area (Å²) in [7, 11) is 0. The van der Waals surface area contributed by atoms with Gasteiger partial charge < -0.3 is 14.5 Å². The van der Waals surface area contributed by atoms with E-state index in [1.54, 1.807) is 17.0 Å². The zero-order valence-corrected chi connectivity index (χ0v) is 16.2. The van der Waals surface area contributed by atoms with Crippen LogP contribution in [0, 0.1) is 17.0 Å². The number of anilines is 1. The molecule has 1 amide bonds. The molecule has 8 heteroatoms. The van der Waals surface area contributed by atoms with E-state index in [1.165, 1.54) is 6.07 Å². The summed E-state index contributed by atoms with van der Waals surface area (Å²) in [5, 5.41) is 11.3. The van der Waals surface area contributed by atoms with Gasteiger partial charge in [0.2, 0.25) is 5.91 Å². The van der Waals surface area contributed by atoms with E-state index in [9.17, 15) is 19.7 Å². The lowest BCUT2D eigenvalue weighted by Gasteiger charge is -2.35. The fourth-order valence-corrected chi connectivity index (χ4v) is 3.35. The summed E-state index contributed by atoms with van der Waals surface area (Å²) in [5.41, 5.74) is 1.66. The van der Waals surface area contributed by atoms with E-state index in [4.69, 9.17) is 4.74 Å². The van der Waals surface area contributed by atoms with Crippen molar-refractivity contribution < 1.29 is 19.2 Å². The highest BCUT2D eigenvalue weighted by Crippen LogP contribution is 2.29. The van der Waals surface area contributed by atoms with Gasteiger partial charge in [-0.3, -0.25) is 19.7 Å². The van der Waals surface area contributed by atoms with Gasteiger partial charge in [-0.25, -0.2) is 0 Å². The maximum absolute atomic E-state index is 12.5. The highest BCUT2D eigenvalue weighted by molar-refractivity contribution is 5.80. The summed E-state index contributed by atoms with van der Waals surface area (Å²) in [4.78, 5) is 37.8. The van der Waals surface area contributed by atoms with Gasteiger partial charge in [0, 0.05) is 37.8 Å². The van der Waals surface area contributed by atoms with E-state index in [0.29, 0.717) is 44.8 Å². The first-order valence-corrected chi connectivity index (χ1v) is 9.44. The summed E-state index contributed by atoms with van der Waals surface area (Å²) in [6, 6.07) is 12.1. The van der Waals surface area contributed by atoms with Gasteiger partial charge in [-0.2, -0.15) is 0 Å². The van der Waals surface area contributed by atoms with Crippen molar-refractivity contribution in [1.82, 2.24) is 4.90 Å². The van der Waals surface area contributed by atoms with Gasteiger partial charge in [0.15, 0.2) is 0 Å². The molecule has 0 N–H and O–H groups in total. The third-order valence-electron chi connectivity index (χ3n) is 4.97. The predicted octanol–water partition coefficient (Wildman–Crippen LogP) is 2.83. The van der Waals surface area contributed by atoms with Crippen molar-refractivity contribution in [1.29, 1.82) is 0 Å². The third-order valence-corrected chi connectivity index (χ3v) is 4.97. The molecule has 29 heavy (non-hydrogen) atoms. The number of amides is 1. The molecule has 2 aromatic rings. The van der Waals surface area contributed by atoms with Crippen molar-refractivity contribution in [2.24, 2.45) is 0 Å². The van der Waals surface area contributed by atoms with Crippen LogP contribution in [0.15, 0.2) is 42.5 Å². The molecular formula is C21H23N3O5. The molecule has 0 spiro atoms.